The Morgan fingerprint density at radius 1 is 1.17 bits per heavy atom. The normalized spacial score (nSPS) is 20.5. The third-order valence-corrected chi connectivity index (χ3v) is 5.37. The van der Waals surface area contributed by atoms with Crippen LogP contribution in [-0.2, 0) is 19.0 Å². The van der Waals surface area contributed by atoms with Gasteiger partial charge in [0.1, 0.15) is 17.9 Å². The minimum absolute atomic E-state index is 0.0511. The SMILES string of the molecule is CC.CC(C(=O)N1CCOC1=O)C(O)C1COC(C)(C)N1C(=O)OC(C)(C)C.Cc1ccccc1. The highest BCUT2D eigenvalue weighted by atomic mass is 16.6. The molecule has 0 radical (unpaired) electrons. The van der Waals surface area contributed by atoms with Gasteiger partial charge in [-0.3, -0.25) is 9.69 Å². The molecule has 1 aromatic carbocycles. The Balaban J connectivity index is 0.000000574. The summed E-state index contributed by atoms with van der Waals surface area (Å²) in [6.07, 6.45) is -2.59. The minimum atomic E-state index is -1.23. The number of imide groups is 1. The fourth-order valence-electron chi connectivity index (χ4n) is 3.60. The highest BCUT2D eigenvalue weighted by molar-refractivity contribution is 5.94. The van der Waals surface area contributed by atoms with Gasteiger partial charge < -0.3 is 19.3 Å². The molecule has 3 rings (SSSR count). The molecule has 0 aromatic heterocycles. The van der Waals surface area contributed by atoms with E-state index in [1.165, 1.54) is 17.4 Å². The molecule has 1 N–H and O–H groups in total. The highest BCUT2D eigenvalue weighted by Gasteiger charge is 2.50. The number of ether oxygens (including phenoxy) is 3. The van der Waals surface area contributed by atoms with Crippen molar-refractivity contribution < 1.29 is 33.7 Å². The molecule has 2 saturated heterocycles. The average Bonchev–Trinajstić information content (AvgIpc) is 3.35. The van der Waals surface area contributed by atoms with E-state index in [1.54, 1.807) is 34.6 Å². The Bertz CT molecular complexity index is 836. The number of aryl methyl sites for hydroxylation is 1. The largest absolute Gasteiger partial charge is 0.447 e. The molecule has 3 unspecified atom stereocenters. The molecule has 3 amide bonds. The number of hydrogen-bond acceptors (Lipinski definition) is 7. The van der Waals surface area contributed by atoms with Crippen molar-refractivity contribution in [2.75, 3.05) is 19.8 Å². The van der Waals surface area contributed by atoms with Crippen molar-refractivity contribution in [1.29, 1.82) is 0 Å². The predicted molar refractivity (Wildman–Crippen MR) is 133 cm³/mol. The average molecular weight is 495 g/mol. The molecule has 198 valence electrons. The maximum atomic E-state index is 12.6. The van der Waals surface area contributed by atoms with Crippen LogP contribution in [0.15, 0.2) is 30.3 Å². The molecule has 2 aliphatic heterocycles. The molecule has 9 heteroatoms. The van der Waals surface area contributed by atoms with Gasteiger partial charge in [-0.15, -0.1) is 0 Å². The zero-order valence-electron chi connectivity index (χ0n) is 22.5. The van der Waals surface area contributed by atoms with Gasteiger partial charge in [-0.05, 0) is 41.5 Å². The molecule has 3 atom stereocenters. The zero-order valence-corrected chi connectivity index (χ0v) is 22.5. The second kappa shape index (κ2) is 12.9. The molecule has 2 fully saturated rings. The van der Waals surface area contributed by atoms with Crippen LogP contribution in [0.5, 0.6) is 0 Å². The minimum Gasteiger partial charge on any atom is -0.447 e. The van der Waals surface area contributed by atoms with E-state index in [9.17, 15) is 19.5 Å². The number of carbonyl (C=O) groups is 3. The van der Waals surface area contributed by atoms with Gasteiger partial charge in [-0.1, -0.05) is 56.7 Å². The molecule has 0 spiro atoms. The molecule has 9 nitrogen and oxygen atoms in total. The number of aliphatic hydroxyl groups is 1. The molecular weight excluding hydrogens is 452 g/mol. The van der Waals surface area contributed by atoms with Gasteiger partial charge in [-0.25, -0.2) is 14.5 Å². The first kappa shape index (κ1) is 30.4. The van der Waals surface area contributed by atoms with Gasteiger partial charge >= 0.3 is 12.2 Å². The summed E-state index contributed by atoms with van der Waals surface area (Å²) in [5.74, 6) is -1.47. The molecule has 0 bridgehead atoms. The maximum absolute atomic E-state index is 12.6. The monoisotopic (exact) mass is 494 g/mol. The standard InChI is InChI=1S/C17H28N2O7.C7H8.C2H6/c1-10(13(21)18-7-8-24-14(18)22)12(20)11-9-25-17(5,6)19(11)15(23)26-16(2,3)4;1-7-5-3-2-4-6-7;1-2/h10-12,20H,7-9H2,1-6H3;2-6H,1H3;1-2H3. The van der Waals surface area contributed by atoms with Crippen LogP contribution in [0, 0.1) is 12.8 Å². The maximum Gasteiger partial charge on any atom is 0.416 e. The van der Waals surface area contributed by atoms with E-state index in [0.717, 1.165) is 4.90 Å². The zero-order chi connectivity index (χ0) is 27.0. The fourth-order valence-corrected chi connectivity index (χ4v) is 3.60. The van der Waals surface area contributed by atoms with E-state index in [2.05, 4.69) is 19.1 Å². The van der Waals surface area contributed by atoms with E-state index in [1.807, 2.05) is 32.0 Å². The number of rotatable bonds is 3. The van der Waals surface area contributed by atoms with E-state index >= 15 is 0 Å². The third kappa shape index (κ3) is 8.50. The molecule has 0 saturated carbocycles. The Morgan fingerprint density at radius 2 is 1.74 bits per heavy atom. The highest BCUT2D eigenvalue weighted by Crippen LogP contribution is 2.33. The summed E-state index contributed by atoms with van der Waals surface area (Å²) in [6, 6.07) is 9.48. The summed E-state index contributed by atoms with van der Waals surface area (Å²) in [6.45, 7) is 16.5. The van der Waals surface area contributed by atoms with E-state index in [4.69, 9.17) is 14.2 Å². The summed E-state index contributed by atoms with van der Waals surface area (Å²) in [5.41, 5.74) is -0.391. The third-order valence-electron chi connectivity index (χ3n) is 5.37. The summed E-state index contributed by atoms with van der Waals surface area (Å²) in [4.78, 5) is 39.0. The quantitative estimate of drug-likeness (QED) is 0.666. The molecule has 0 aliphatic carbocycles. The summed E-state index contributed by atoms with van der Waals surface area (Å²) in [7, 11) is 0. The lowest BCUT2D eigenvalue weighted by molar-refractivity contribution is -0.136. The molecular formula is C26H42N2O7. The van der Waals surface area contributed by atoms with Gasteiger partial charge in [0.2, 0.25) is 5.91 Å². The van der Waals surface area contributed by atoms with Crippen molar-refractivity contribution in [1.82, 2.24) is 9.80 Å². The number of cyclic esters (lactones) is 1. The first-order chi connectivity index (χ1) is 16.2. The van der Waals surface area contributed by atoms with Crippen molar-refractivity contribution in [3.63, 3.8) is 0 Å². The fraction of sp³-hybridized carbons (Fsp3) is 0.654. The second-order valence-electron chi connectivity index (χ2n) is 9.71. The van der Waals surface area contributed by atoms with Gasteiger partial charge in [0, 0.05) is 0 Å². The Kier molecular flexibility index (Phi) is 11.2. The number of amides is 3. The van der Waals surface area contributed by atoms with Crippen LogP contribution < -0.4 is 0 Å². The predicted octanol–water partition coefficient (Wildman–Crippen LogP) is 4.36. The number of benzene rings is 1. The van der Waals surface area contributed by atoms with Crippen molar-refractivity contribution >= 4 is 18.1 Å². The number of aliphatic hydroxyl groups excluding tert-OH is 1. The summed E-state index contributed by atoms with van der Waals surface area (Å²) >= 11 is 0. The van der Waals surface area contributed by atoms with Crippen LogP contribution in [0.25, 0.3) is 0 Å². The topological polar surface area (TPSA) is 106 Å². The number of carbonyl (C=O) groups excluding carboxylic acids is 3. The Hall–Kier alpha value is -2.65. The smallest absolute Gasteiger partial charge is 0.416 e. The van der Waals surface area contributed by atoms with Crippen LogP contribution in [0.1, 0.15) is 61.0 Å². The van der Waals surface area contributed by atoms with Gasteiger partial charge in [0.05, 0.1) is 31.2 Å². The summed E-state index contributed by atoms with van der Waals surface area (Å²) in [5, 5.41) is 10.8. The van der Waals surface area contributed by atoms with Crippen LogP contribution in [-0.4, -0.2) is 76.2 Å². The molecule has 1 aromatic rings. The Labute approximate surface area is 209 Å². The van der Waals surface area contributed by atoms with E-state index in [-0.39, 0.29) is 19.8 Å². The molecule has 35 heavy (non-hydrogen) atoms. The molecule has 2 aliphatic rings. The summed E-state index contributed by atoms with van der Waals surface area (Å²) < 4.78 is 15.8. The van der Waals surface area contributed by atoms with E-state index in [0.29, 0.717) is 0 Å². The number of nitrogens with zero attached hydrogens (tertiary/aromatic N) is 2. The van der Waals surface area contributed by atoms with Crippen molar-refractivity contribution in [3.05, 3.63) is 35.9 Å². The first-order valence-corrected chi connectivity index (χ1v) is 12.1. The second-order valence-corrected chi connectivity index (χ2v) is 9.71. The van der Waals surface area contributed by atoms with Crippen LogP contribution in [0.3, 0.4) is 0 Å². The van der Waals surface area contributed by atoms with Gasteiger partial charge in [0.25, 0.3) is 0 Å². The van der Waals surface area contributed by atoms with Gasteiger partial charge in [-0.2, -0.15) is 0 Å². The lowest BCUT2D eigenvalue weighted by Gasteiger charge is -2.37. The van der Waals surface area contributed by atoms with Crippen LogP contribution >= 0.6 is 0 Å². The van der Waals surface area contributed by atoms with E-state index < -0.39 is 47.5 Å². The van der Waals surface area contributed by atoms with Crippen LogP contribution in [0.2, 0.25) is 0 Å². The van der Waals surface area contributed by atoms with Crippen molar-refractivity contribution in [2.45, 2.75) is 85.8 Å². The lowest BCUT2D eigenvalue weighted by Crippen LogP contribution is -2.56. The molecule has 2 heterocycles. The lowest BCUT2D eigenvalue weighted by atomic mass is 9.95. The Morgan fingerprint density at radius 3 is 2.17 bits per heavy atom. The van der Waals surface area contributed by atoms with Crippen molar-refractivity contribution in [3.8, 4) is 0 Å². The first-order valence-electron chi connectivity index (χ1n) is 12.1. The van der Waals surface area contributed by atoms with Crippen LogP contribution in [0.4, 0.5) is 9.59 Å². The van der Waals surface area contributed by atoms with Gasteiger partial charge in [0.15, 0.2) is 0 Å². The number of hydrogen-bond donors (Lipinski definition) is 1. The van der Waals surface area contributed by atoms with Crippen molar-refractivity contribution in [2.24, 2.45) is 5.92 Å².